The number of aryl methyl sites for hydroxylation is 1. The minimum atomic E-state index is -0.157. The molecule has 0 amide bonds. The van der Waals surface area contributed by atoms with Gasteiger partial charge in [-0.2, -0.15) is 0 Å². The maximum atomic E-state index is 12.5. The lowest BCUT2D eigenvalue weighted by molar-refractivity contribution is 0.727. The summed E-state index contributed by atoms with van der Waals surface area (Å²) in [5, 5.41) is 2.75. The average Bonchev–Trinajstić information content (AvgIpc) is 2.99. The molecule has 0 saturated carbocycles. The van der Waals surface area contributed by atoms with E-state index in [-0.39, 0.29) is 5.69 Å². The molecule has 7 nitrogen and oxygen atoms in total. The maximum Gasteiger partial charge on any atom is 0.335 e. The number of benzene rings is 1. The number of hydrogen-bond donors (Lipinski definition) is 2. The Bertz CT molecular complexity index is 808. The second-order valence-electron chi connectivity index (χ2n) is 4.63. The molecule has 0 radical (unpaired) electrons. The summed E-state index contributed by atoms with van der Waals surface area (Å²) in [7, 11) is 3.75. The van der Waals surface area contributed by atoms with Crippen molar-refractivity contribution in [1.82, 2.24) is 24.4 Å². The van der Waals surface area contributed by atoms with Gasteiger partial charge in [0, 0.05) is 6.54 Å². The fourth-order valence-electron chi connectivity index (χ4n) is 2.20. The number of nitrogens with two attached hydrogens (primary N) is 1. The molecule has 3 rings (SSSR count). The number of aromatic nitrogens is 4. The van der Waals surface area contributed by atoms with Crippen molar-refractivity contribution in [2.24, 2.45) is 0 Å². The second-order valence-corrected chi connectivity index (χ2v) is 4.63. The minimum absolute atomic E-state index is 0.157. The second kappa shape index (κ2) is 12.7. The van der Waals surface area contributed by atoms with Gasteiger partial charge in [0.2, 0.25) is 0 Å². The Morgan fingerprint density at radius 3 is 2.08 bits per heavy atom. The van der Waals surface area contributed by atoms with E-state index in [4.69, 9.17) is 5.73 Å². The van der Waals surface area contributed by atoms with Crippen LogP contribution in [-0.4, -0.2) is 33.2 Å². The Morgan fingerprint density at radius 2 is 1.58 bits per heavy atom. The van der Waals surface area contributed by atoms with Gasteiger partial charge >= 0.3 is 5.69 Å². The highest BCUT2D eigenvalue weighted by Gasteiger charge is 2.17. The van der Waals surface area contributed by atoms with Crippen LogP contribution in [-0.2, 0) is 6.54 Å². The monoisotopic (exact) mass is 360 g/mol. The van der Waals surface area contributed by atoms with E-state index in [1.54, 1.807) is 9.13 Å². The summed E-state index contributed by atoms with van der Waals surface area (Å²) < 4.78 is 3.13. The molecule has 0 bridgehead atoms. The Morgan fingerprint density at radius 1 is 1.04 bits per heavy atom. The Kier molecular flexibility index (Phi) is 11.4. The quantitative estimate of drug-likeness (QED) is 0.733. The number of nitrogens with one attached hydrogen (secondary N) is 1. The molecule has 26 heavy (non-hydrogen) atoms. The van der Waals surface area contributed by atoms with Gasteiger partial charge in [0.1, 0.15) is 11.8 Å². The van der Waals surface area contributed by atoms with Crippen LogP contribution < -0.4 is 16.7 Å². The highest BCUT2D eigenvalue weighted by molar-refractivity contribution is 5.83. The molecule has 3 N–H and O–H groups in total. The van der Waals surface area contributed by atoms with Crippen molar-refractivity contribution in [2.45, 2.75) is 41.2 Å². The maximum absolute atomic E-state index is 12.5. The standard InChI is InChI=1S/C13H13N5O.C2H7N.2C2H6/c1-2-17-12-10(11(14)15-8-16-12)18(13(17)19)9-6-4-3-5-7-9;1-3-2;2*1-2/h3-8H,2H2,1H3,(H2,14,15,16);3H,1-2H3;2*1-2H3. The van der Waals surface area contributed by atoms with Crippen LogP contribution in [0.3, 0.4) is 0 Å². The van der Waals surface area contributed by atoms with Crippen molar-refractivity contribution in [3.05, 3.63) is 47.1 Å². The van der Waals surface area contributed by atoms with E-state index < -0.39 is 0 Å². The first kappa shape index (κ1) is 23.3. The molecule has 7 heteroatoms. The predicted molar refractivity (Wildman–Crippen MR) is 111 cm³/mol. The van der Waals surface area contributed by atoms with E-state index >= 15 is 0 Å². The molecule has 0 saturated heterocycles. The predicted octanol–water partition coefficient (Wildman–Crippen LogP) is 3.07. The molecule has 2 heterocycles. The normalized spacial score (nSPS) is 9.19. The fourth-order valence-corrected chi connectivity index (χ4v) is 2.20. The van der Waals surface area contributed by atoms with Crippen LogP contribution in [0.25, 0.3) is 16.9 Å². The molecule has 0 unspecified atom stereocenters. The number of hydrogen-bond acceptors (Lipinski definition) is 5. The molecular formula is C19H32N6O. The highest BCUT2D eigenvalue weighted by Crippen LogP contribution is 2.19. The van der Waals surface area contributed by atoms with Crippen molar-refractivity contribution in [2.75, 3.05) is 19.8 Å². The molecule has 0 aliphatic carbocycles. The number of nitrogens with zero attached hydrogens (tertiary/aromatic N) is 4. The van der Waals surface area contributed by atoms with Crippen molar-refractivity contribution in [1.29, 1.82) is 0 Å². The largest absolute Gasteiger partial charge is 0.382 e. The summed E-state index contributed by atoms with van der Waals surface area (Å²) >= 11 is 0. The number of anilines is 1. The van der Waals surface area contributed by atoms with Crippen LogP contribution in [0.2, 0.25) is 0 Å². The van der Waals surface area contributed by atoms with E-state index in [0.29, 0.717) is 23.5 Å². The third kappa shape index (κ3) is 5.16. The molecule has 0 aliphatic rings. The van der Waals surface area contributed by atoms with E-state index in [9.17, 15) is 4.79 Å². The van der Waals surface area contributed by atoms with Gasteiger partial charge in [-0.15, -0.1) is 0 Å². The molecule has 2 aromatic heterocycles. The van der Waals surface area contributed by atoms with Gasteiger partial charge in [0.15, 0.2) is 11.5 Å². The number of rotatable bonds is 2. The zero-order valence-corrected chi connectivity index (χ0v) is 16.9. The molecular weight excluding hydrogens is 328 g/mol. The van der Waals surface area contributed by atoms with Gasteiger partial charge in [0.25, 0.3) is 0 Å². The van der Waals surface area contributed by atoms with Crippen molar-refractivity contribution >= 4 is 17.0 Å². The van der Waals surface area contributed by atoms with Gasteiger partial charge in [-0.1, -0.05) is 45.9 Å². The fraction of sp³-hybridized carbons (Fsp3) is 0.421. The number of para-hydroxylation sites is 1. The lowest BCUT2D eigenvalue weighted by atomic mass is 10.3. The van der Waals surface area contributed by atoms with Gasteiger partial charge in [-0.05, 0) is 33.2 Å². The van der Waals surface area contributed by atoms with Crippen molar-refractivity contribution in [3.8, 4) is 5.69 Å². The van der Waals surface area contributed by atoms with Gasteiger partial charge in [-0.3, -0.25) is 9.13 Å². The first-order valence-electron chi connectivity index (χ1n) is 9.01. The van der Waals surface area contributed by atoms with Crippen LogP contribution in [0.1, 0.15) is 34.6 Å². The van der Waals surface area contributed by atoms with E-state index in [1.807, 2.05) is 79.0 Å². The summed E-state index contributed by atoms with van der Waals surface area (Å²) in [4.78, 5) is 20.6. The highest BCUT2D eigenvalue weighted by atomic mass is 16.1. The summed E-state index contributed by atoms with van der Waals surface area (Å²) in [5.41, 5.74) is 7.62. The van der Waals surface area contributed by atoms with E-state index in [2.05, 4.69) is 15.3 Å². The minimum Gasteiger partial charge on any atom is -0.382 e. The zero-order chi connectivity index (χ0) is 20.1. The van der Waals surface area contributed by atoms with Crippen LogP contribution in [0, 0.1) is 0 Å². The third-order valence-corrected chi connectivity index (χ3v) is 3.06. The Labute approximate surface area is 155 Å². The van der Waals surface area contributed by atoms with Crippen LogP contribution in [0.5, 0.6) is 0 Å². The van der Waals surface area contributed by atoms with E-state index in [1.165, 1.54) is 6.33 Å². The third-order valence-electron chi connectivity index (χ3n) is 3.06. The number of imidazole rings is 1. The molecule has 3 aromatic rings. The van der Waals surface area contributed by atoms with E-state index in [0.717, 1.165) is 5.69 Å². The number of nitrogen functional groups attached to an aromatic ring is 1. The van der Waals surface area contributed by atoms with Crippen LogP contribution in [0.15, 0.2) is 41.5 Å². The molecule has 0 fully saturated rings. The first-order valence-corrected chi connectivity index (χ1v) is 9.01. The van der Waals surface area contributed by atoms with Crippen molar-refractivity contribution < 1.29 is 0 Å². The van der Waals surface area contributed by atoms with Crippen LogP contribution >= 0.6 is 0 Å². The smallest absolute Gasteiger partial charge is 0.335 e. The first-order chi connectivity index (χ1) is 12.7. The number of fused-ring (bicyclic) bond motifs is 1. The Balaban J connectivity index is 0.000000793. The molecule has 0 spiro atoms. The summed E-state index contributed by atoms with van der Waals surface area (Å²) in [5.74, 6) is 0.304. The molecule has 0 atom stereocenters. The average molecular weight is 361 g/mol. The van der Waals surface area contributed by atoms with Gasteiger partial charge < -0.3 is 11.1 Å². The molecule has 1 aromatic carbocycles. The SMILES string of the molecule is CC.CC.CCn1c(=O)n(-c2ccccc2)c2c(N)ncnc21.CNC. The van der Waals surface area contributed by atoms with Gasteiger partial charge in [-0.25, -0.2) is 14.8 Å². The lowest BCUT2D eigenvalue weighted by Gasteiger charge is -2.03. The van der Waals surface area contributed by atoms with Crippen molar-refractivity contribution in [3.63, 3.8) is 0 Å². The summed E-state index contributed by atoms with van der Waals surface area (Å²) in [6.45, 7) is 10.4. The summed E-state index contributed by atoms with van der Waals surface area (Å²) in [6.07, 6.45) is 1.37. The Hall–Kier alpha value is -2.67. The topological polar surface area (TPSA) is 90.8 Å². The van der Waals surface area contributed by atoms with Crippen LogP contribution in [0.4, 0.5) is 5.82 Å². The molecule has 0 aliphatic heterocycles. The summed E-state index contributed by atoms with van der Waals surface area (Å²) in [6, 6.07) is 9.35. The molecule has 144 valence electrons. The zero-order valence-electron chi connectivity index (χ0n) is 16.9. The van der Waals surface area contributed by atoms with Gasteiger partial charge in [0.05, 0.1) is 5.69 Å². The lowest BCUT2D eigenvalue weighted by Crippen LogP contribution is -2.22.